The highest BCUT2D eigenvalue weighted by Gasteiger charge is 2.30. The SMILES string of the molecule is O=C1NC(=O)/C(=C/c2ccnc(N3CCC(CNCc4cccc(-c5ccc(C(F)(F)F)cc5)n4)CC3)n2)S1. The molecule has 0 spiro atoms. The second-order valence-electron chi connectivity index (χ2n) is 9.28. The number of alkyl halides is 3. The summed E-state index contributed by atoms with van der Waals surface area (Å²) in [6, 6.07) is 12.3. The van der Waals surface area contributed by atoms with Crippen LogP contribution >= 0.6 is 11.8 Å². The van der Waals surface area contributed by atoms with E-state index >= 15 is 0 Å². The monoisotopic (exact) mass is 554 g/mol. The van der Waals surface area contributed by atoms with Crippen molar-refractivity contribution < 1.29 is 22.8 Å². The Hall–Kier alpha value is -3.77. The Kier molecular flexibility index (Phi) is 7.94. The van der Waals surface area contributed by atoms with Crippen molar-refractivity contribution in [2.45, 2.75) is 25.6 Å². The van der Waals surface area contributed by atoms with Crippen LogP contribution < -0.4 is 15.5 Å². The highest BCUT2D eigenvalue weighted by Crippen LogP contribution is 2.31. The van der Waals surface area contributed by atoms with Crippen molar-refractivity contribution in [1.29, 1.82) is 0 Å². The highest BCUT2D eigenvalue weighted by atomic mass is 32.2. The zero-order chi connectivity index (χ0) is 27.4. The van der Waals surface area contributed by atoms with Crippen molar-refractivity contribution in [3.05, 3.63) is 76.6 Å². The van der Waals surface area contributed by atoms with Crippen molar-refractivity contribution in [1.82, 2.24) is 25.6 Å². The van der Waals surface area contributed by atoms with Gasteiger partial charge in [-0.1, -0.05) is 18.2 Å². The summed E-state index contributed by atoms with van der Waals surface area (Å²) in [6.45, 7) is 2.96. The molecule has 3 aromatic rings. The number of rotatable bonds is 7. The number of anilines is 1. The van der Waals surface area contributed by atoms with Crippen LogP contribution in [0.4, 0.5) is 23.9 Å². The van der Waals surface area contributed by atoms with Crippen LogP contribution in [0.2, 0.25) is 0 Å². The molecule has 8 nitrogen and oxygen atoms in total. The van der Waals surface area contributed by atoms with Gasteiger partial charge < -0.3 is 10.2 Å². The first kappa shape index (κ1) is 26.8. The predicted molar refractivity (Wildman–Crippen MR) is 142 cm³/mol. The summed E-state index contributed by atoms with van der Waals surface area (Å²) >= 11 is 0.856. The van der Waals surface area contributed by atoms with Crippen molar-refractivity contribution in [2.24, 2.45) is 5.92 Å². The molecule has 0 atom stereocenters. The maximum atomic E-state index is 12.8. The number of benzene rings is 1. The Morgan fingerprint density at radius 1 is 1.05 bits per heavy atom. The van der Waals surface area contributed by atoms with Gasteiger partial charge >= 0.3 is 6.18 Å². The van der Waals surface area contributed by atoms with E-state index in [0.717, 1.165) is 62.1 Å². The fourth-order valence-corrected chi connectivity index (χ4v) is 5.13. The average molecular weight is 555 g/mol. The molecule has 0 aliphatic carbocycles. The molecule has 4 heterocycles. The van der Waals surface area contributed by atoms with Gasteiger partial charge in [-0.3, -0.25) is 19.9 Å². The predicted octanol–water partition coefficient (Wildman–Crippen LogP) is 4.89. The number of pyridine rings is 1. The number of imide groups is 1. The normalized spacial score (nSPS) is 17.6. The smallest absolute Gasteiger partial charge is 0.341 e. The zero-order valence-electron chi connectivity index (χ0n) is 20.7. The Balaban J connectivity index is 1.11. The number of halogens is 3. The van der Waals surface area contributed by atoms with Crippen molar-refractivity contribution in [3.8, 4) is 11.3 Å². The third-order valence-corrected chi connectivity index (χ3v) is 7.35. The van der Waals surface area contributed by atoms with Crippen molar-refractivity contribution in [2.75, 3.05) is 24.5 Å². The minimum atomic E-state index is -4.36. The van der Waals surface area contributed by atoms with Gasteiger partial charge in [-0.25, -0.2) is 9.97 Å². The third-order valence-electron chi connectivity index (χ3n) is 6.54. The Labute approximate surface area is 227 Å². The molecule has 2 N–H and O–H groups in total. The highest BCUT2D eigenvalue weighted by molar-refractivity contribution is 8.18. The van der Waals surface area contributed by atoms with E-state index in [0.29, 0.717) is 40.3 Å². The van der Waals surface area contributed by atoms with E-state index in [4.69, 9.17) is 0 Å². The second kappa shape index (κ2) is 11.5. The molecular weight excluding hydrogens is 529 g/mol. The van der Waals surface area contributed by atoms with Gasteiger partial charge in [-0.15, -0.1) is 0 Å². The van der Waals surface area contributed by atoms with E-state index in [2.05, 4.69) is 30.5 Å². The fourth-order valence-electron chi connectivity index (χ4n) is 4.46. The van der Waals surface area contributed by atoms with Gasteiger partial charge in [0.1, 0.15) is 0 Å². The summed E-state index contributed by atoms with van der Waals surface area (Å²) < 4.78 is 38.5. The van der Waals surface area contributed by atoms with E-state index in [-0.39, 0.29) is 5.24 Å². The van der Waals surface area contributed by atoms with E-state index in [1.807, 2.05) is 12.1 Å². The van der Waals surface area contributed by atoms with E-state index in [1.54, 1.807) is 24.4 Å². The van der Waals surface area contributed by atoms with Crippen LogP contribution in [0.1, 0.15) is 29.8 Å². The van der Waals surface area contributed by atoms with Crippen LogP contribution in [-0.4, -0.2) is 45.7 Å². The number of hydrogen-bond donors (Lipinski definition) is 2. The zero-order valence-corrected chi connectivity index (χ0v) is 21.6. The molecule has 12 heteroatoms. The molecule has 2 fully saturated rings. The lowest BCUT2D eigenvalue weighted by Gasteiger charge is -2.32. The van der Waals surface area contributed by atoms with Crippen molar-refractivity contribution in [3.63, 3.8) is 0 Å². The molecular formula is C27H25F3N6O2S. The number of aromatic nitrogens is 3. The fraction of sp³-hybridized carbons (Fsp3) is 0.296. The van der Waals surface area contributed by atoms with Gasteiger partial charge in [0, 0.05) is 31.4 Å². The molecule has 2 aliphatic rings. The number of nitrogens with zero attached hydrogens (tertiary/aromatic N) is 4. The summed E-state index contributed by atoms with van der Waals surface area (Å²) in [4.78, 5) is 39.1. The largest absolute Gasteiger partial charge is 0.416 e. The summed E-state index contributed by atoms with van der Waals surface area (Å²) in [5.41, 5.74) is 1.98. The van der Waals surface area contributed by atoms with Crippen molar-refractivity contribution >= 4 is 34.9 Å². The lowest BCUT2D eigenvalue weighted by molar-refractivity contribution is -0.137. The first-order chi connectivity index (χ1) is 18.7. The van der Waals surface area contributed by atoms with Gasteiger partial charge in [0.2, 0.25) is 5.95 Å². The minimum Gasteiger partial charge on any atom is -0.341 e. The number of thioether (sulfide) groups is 1. The van der Waals surface area contributed by atoms with E-state index in [1.165, 1.54) is 12.1 Å². The molecule has 0 bridgehead atoms. The first-order valence-corrected chi connectivity index (χ1v) is 13.2. The van der Waals surface area contributed by atoms with Crippen LogP contribution in [0.3, 0.4) is 0 Å². The molecule has 39 heavy (non-hydrogen) atoms. The lowest BCUT2D eigenvalue weighted by atomic mass is 9.97. The quantitative estimate of drug-likeness (QED) is 0.399. The van der Waals surface area contributed by atoms with E-state index < -0.39 is 17.6 Å². The standard InChI is InChI=1S/C27H25F3N6O2S/c28-27(29,30)19-6-4-18(5-7-19)22-3-1-2-21(33-22)16-31-15-17-9-12-36(13-10-17)25-32-11-8-20(34-25)14-23-24(37)35-26(38)39-23/h1-8,11,14,17,31H,9-10,12-13,15-16H2,(H,35,37,38)/b23-14-. The second-order valence-corrected chi connectivity index (χ2v) is 10.3. The van der Waals surface area contributed by atoms with Gasteiger partial charge in [-0.05, 0) is 73.5 Å². The average Bonchev–Trinajstić information content (AvgIpc) is 3.25. The Bertz CT molecular complexity index is 1390. The van der Waals surface area contributed by atoms with Crippen LogP contribution in [-0.2, 0) is 17.5 Å². The Morgan fingerprint density at radius 2 is 1.82 bits per heavy atom. The number of carbonyl (C=O) groups excluding carboxylic acids is 2. The molecule has 1 aromatic carbocycles. The van der Waals surface area contributed by atoms with Crippen LogP contribution in [0.5, 0.6) is 0 Å². The van der Waals surface area contributed by atoms with Gasteiger partial charge in [-0.2, -0.15) is 13.2 Å². The van der Waals surface area contributed by atoms with Gasteiger partial charge in [0.05, 0.1) is 27.6 Å². The molecule has 2 saturated heterocycles. The number of nitrogens with one attached hydrogen (secondary N) is 2. The molecule has 0 saturated carbocycles. The molecule has 0 unspecified atom stereocenters. The lowest BCUT2D eigenvalue weighted by Crippen LogP contribution is -2.38. The van der Waals surface area contributed by atoms with Crippen LogP contribution in [0.15, 0.2) is 59.6 Å². The number of piperidine rings is 1. The van der Waals surface area contributed by atoms with Crippen LogP contribution in [0.25, 0.3) is 17.3 Å². The summed E-state index contributed by atoms with van der Waals surface area (Å²) in [6.07, 6.45) is 0.779. The number of hydrogen-bond acceptors (Lipinski definition) is 8. The Morgan fingerprint density at radius 3 is 2.51 bits per heavy atom. The third kappa shape index (κ3) is 6.82. The summed E-state index contributed by atoms with van der Waals surface area (Å²) in [7, 11) is 0. The van der Waals surface area contributed by atoms with E-state index in [9.17, 15) is 22.8 Å². The maximum Gasteiger partial charge on any atom is 0.416 e. The number of amides is 2. The summed E-state index contributed by atoms with van der Waals surface area (Å²) in [5.74, 6) is 0.643. The van der Waals surface area contributed by atoms with Gasteiger partial charge in [0.15, 0.2) is 0 Å². The summed E-state index contributed by atoms with van der Waals surface area (Å²) in [5, 5.41) is 5.30. The van der Waals surface area contributed by atoms with Gasteiger partial charge in [0.25, 0.3) is 11.1 Å². The van der Waals surface area contributed by atoms with Crippen LogP contribution in [0, 0.1) is 5.92 Å². The number of carbonyl (C=O) groups is 2. The minimum absolute atomic E-state index is 0.314. The molecule has 2 aliphatic heterocycles. The molecule has 202 valence electrons. The molecule has 0 radical (unpaired) electrons. The molecule has 5 rings (SSSR count). The maximum absolute atomic E-state index is 12.8. The first-order valence-electron chi connectivity index (χ1n) is 12.4. The molecule has 2 aromatic heterocycles. The molecule has 2 amide bonds. The topological polar surface area (TPSA) is 100 Å².